The van der Waals surface area contributed by atoms with Crippen LogP contribution in [0, 0.1) is 17.6 Å². The summed E-state index contributed by atoms with van der Waals surface area (Å²) in [5.41, 5.74) is 0.765. The van der Waals surface area contributed by atoms with Crippen LogP contribution in [0.4, 0.5) is 8.78 Å². The van der Waals surface area contributed by atoms with Gasteiger partial charge in [0.25, 0.3) is 0 Å². The highest BCUT2D eigenvalue weighted by molar-refractivity contribution is 7.89. The molecule has 0 spiro atoms. The van der Waals surface area contributed by atoms with Crippen LogP contribution >= 0.6 is 0 Å². The Balaban J connectivity index is 1.67. The monoisotopic (exact) mass is 408 g/mol. The summed E-state index contributed by atoms with van der Waals surface area (Å²) < 4.78 is 53.0. The fourth-order valence-corrected chi connectivity index (χ4v) is 4.82. The lowest BCUT2D eigenvalue weighted by molar-refractivity contribution is -0.126. The second kappa shape index (κ2) is 8.36. The van der Waals surface area contributed by atoms with Gasteiger partial charge in [-0.2, -0.15) is 4.31 Å². The van der Waals surface area contributed by atoms with Crippen LogP contribution in [0.1, 0.15) is 31.4 Å². The van der Waals surface area contributed by atoms with E-state index in [1.165, 1.54) is 28.6 Å². The van der Waals surface area contributed by atoms with Gasteiger partial charge in [-0.1, -0.05) is 12.1 Å². The molecular weight excluding hydrogens is 386 g/mol. The van der Waals surface area contributed by atoms with Gasteiger partial charge in [-0.25, -0.2) is 17.2 Å². The first-order chi connectivity index (χ1) is 13.3. The molecule has 2 atom stereocenters. The van der Waals surface area contributed by atoms with Crippen LogP contribution in [0.3, 0.4) is 0 Å². The zero-order valence-electron chi connectivity index (χ0n) is 15.4. The molecule has 8 heteroatoms. The lowest BCUT2D eigenvalue weighted by Crippen LogP contribution is -2.45. The summed E-state index contributed by atoms with van der Waals surface area (Å²) in [4.78, 5) is 12.7. The predicted molar refractivity (Wildman–Crippen MR) is 101 cm³/mol. The fraction of sp³-hybridized carbons (Fsp3) is 0.350. The Morgan fingerprint density at radius 1 is 1.07 bits per heavy atom. The van der Waals surface area contributed by atoms with Crippen LogP contribution in [0.5, 0.6) is 0 Å². The quantitative estimate of drug-likeness (QED) is 0.826. The fourth-order valence-electron chi connectivity index (χ4n) is 3.30. The van der Waals surface area contributed by atoms with Gasteiger partial charge in [0.15, 0.2) is 0 Å². The van der Waals surface area contributed by atoms with Crippen molar-refractivity contribution in [2.75, 3.05) is 13.1 Å². The number of amides is 1. The first-order valence-electron chi connectivity index (χ1n) is 9.09. The molecule has 1 amide bonds. The second-order valence-corrected chi connectivity index (χ2v) is 8.88. The van der Waals surface area contributed by atoms with Crippen molar-refractivity contribution in [2.45, 2.75) is 30.7 Å². The minimum absolute atomic E-state index is 0.00892. The Labute approximate surface area is 163 Å². The molecule has 150 valence electrons. The van der Waals surface area contributed by atoms with E-state index in [0.29, 0.717) is 19.4 Å². The molecule has 1 heterocycles. The van der Waals surface area contributed by atoms with Crippen LogP contribution < -0.4 is 5.32 Å². The minimum atomic E-state index is -3.79. The van der Waals surface area contributed by atoms with E-state index >= 15 is 0 Å². The van der Waals surface area contributed by atoms with E-state index in [1.807, 2.05) is 0 Å². The van der Waals surface area contributed by atoms with Gasteiger partial charge in [0.2, 0.25) is 15.9 Å². The van der Waals surface area contributed by atoms with Crippen molar-refractivity contribution >= 4 is 15.9 Å². The molecular formula is C20H22F2N2O3S. The first-order valence-corrected chi connectivity index (χ1v) is 10.5. The minimum Gasteiger partial charge on any atom is -0.349 e. The largest absolute Gasteiger partial charge is 0.349 e. The van der Waals surface area contributed by atoms with E-state index in [9.17, 15) is 22.0 Å². The summed E-state index contributed by atoms with van der Waals surface area (Å²) in [6.45, 7) is 2.18. The number of carbonyl (C=O) groups excluding carboxylic acids is 1. The molecule has 2 aromatic carbocycles. The molecule has 0 aromatic heterocycles. The average Bonchev–Trinajstić information content (AvgIpc) is 2.69. The highest BCUT2D eigenvalue weighted by atomic mass is 32.2. The van der Waals surface area contributed by atoms with E-state index < -0.39 is 21.8 Å². The number of halogens is 2. The Hall–Kier alpha value is -2.32. The molecule has 0 unspecified atom stereocenters. The number of benzene rings is 2. The molecule has 1 aliphatic rings. The Kier molecular flexibility index (Phi) is 6.10. The highest BCUT2D eigenvalue weighted by Gasteiger charge is 2.33. The molecule has 3 rings (SSSR count). The molecule has 2 aromatic rings. The molecule has 5 nitrogen and oxygen atoms in total. The van der Waals surface area contributed by atoms with Crippen LogP contribution in [-0.2, 0) is 14.8 Å². The molecule has 0 saturated carbocycles. The number of rotatable bonds is 5. The normalized spacial score (nSPS) is 19.2. The van der Waals surface area contributed by atoms with E-state index in [-0.39, 0.29) is 29.2 Å². The maximum absolute atomic E-state index is 13.1. The van der Waals surface area contributed by atoms with Crippen molar-refractivity contribution in [1.82, 2.24) is 9.62 Å². The van der Waals surface area contributed by atoms with Gasteiger partial charge in [0, 0.05) is 13.1 Å². The standard InChI is InChI=1S/C20H22F2N2O3S/c1-14(15-4-6-17(21)7-5-15)23-20(25)16-3-2-12-24(13-16)28(26,27)19-10-8-18(22)9-11-19/h4-11,14,16H,2-3,12-13H2,1H3,(H,23,25)/t14-,16+/m1/s1. The zero-order chi connectivity index (χ0) is 20.3. The van der Waals surface area contributed by atoms with E-state index in [4.69, 9.17) is 0 Å². The second-order valence-electron chi connectivity index (χ2n) is 6.94. The van der Waals surface area contributed by atoms with Crippen LogP contribution in [-0.4, -0.2) is 31.7 Å². The number of piperidine rings is 1. The molecule has 0 radical (unpaired) electrons. The van der Waals surface area contributed by atoms with E-state index in [0.717, 1.165) is 17.7 Å². The molecule has 28 heavy (non-hydrogen) atoms. The third-order valence-corrected chi connectivity index (χ3v) is 6.81. The van der Waals surface area contributed by atoms with Crippen LogP contribution in [0.25, 0.3) is 0 Å². The topological polar surface area (TPSA) is 66.5 Å². The third-order valence-electron chi connectivity index (χ3n) is 4.94. The Morgan fingerprint density at radius 3 is 2.25 bits per heavy atom. The zero-order valence-corrected chi connectivity index (χ0v) is 16.3. The van der Waals surface area contributed by atoms with Gasteiger partial charge in [-0.15, -0.1) is 0 Å². The molecule has 1 saturated heterocycles. The summed E-state index contributed by atoms with van der Waals surface area (Å²) in [5, 5.41) is 2.87. The summed E-state index contributed by atoms with van der Waals surface area (Å²) in [6, 6.07) is 10.2. The molecule has 1 fully saturated rings. The van der Waals surface area contributed by atoms with Crippen molar-refractivity contribution in [3.05, 3.63) is 65.7 Å². The summed E-state index contributed by atoms with van der Waals surface area (Å²) >= 11 is 0. The number of nitrogens with one attached hydrogen (secondary N) is 1. The third kappa shape index (κ3) is 4.56. The van der Waals surface area contributed by atoms with Crippen molar-refractivity contribution in [3.8, 4) is 0 Å². The SMILES string of the molecule is C[C@@H](NC(=O)[C@H]1CCCN(S(=O)(=O)c2ccc(F)cc2)C1)c1ccc(F)cc1. The van der Waals surface area contributed by atoms with E-state index in [2.05, 4.69) is 5.32 Å². The summed E-state index contributed by atoms with van der Waals surface area (Å²) in [5.74, 6) is -1.58. The molecule has 0 aliphatic carbocycles. The van der Waals surface area contributed by atoms with Gasteiger partial charge < -0.3 is 5.32 Å². The van der Waals surface area contributed by atoms with Crippen molar-refractivity contribution in [1.29, 1.82) is 0 Å². The lowest BCUT2D eigenvalue weighted by atomic mass is 9.98. The van der Waals surface area contributed by atoms with Gasteiger partial charge in [-0.3, -0.25) is 4.79 Å². The summed E-state index contributed by atoms with van der Waals surface area (Å²) in [6.07, 6.45) is 1.14. The predicted octanol–water partition coefficient (Wildman–Crippen LogP) is 3.24. The van der Waals surface area contributed by atoms with Gasteiger partial charge in [0.1, 0.15) is 11.6 Å². The smallest absolute Gasteiger partial charge is 0.243 e. The highest BCUT2D eigenvalue weighted by Crippen LogP contribution is 2.25. The lowest BCUT2D eigenvalue weighted by Gasteiger charge is -2.32. The number of hydrogen-bond donors (Lipinski definition) is 1. The first kappa shape index (κ1) is 20.4. The summed E-state index contributed by atoms with van der Waals surface area (Å²) in [7, 11) is -3.79. The molecule has 1 aliphatic heterocycles. The average molecular weight is 408 g/mol. The maximum Gasteiger partial charge on any atom is 0.243 e. The van der Waals surface area contributed by atoms with Gasteiger partial charge in [-0.05, 0) is 61.7 Å². The number of nitrogens with zero attached hydrogens (tertiary/aromatic N) is 1. The van der Waals surface area contributed by atoms with Crippen molar-refractivity contribution < 1.29 is 22.0 Å². The van der Waals surface area contributed by atoms with Crippen LogP contribution in [0.2, 0.25) is 0 Å². The number of sulfonamides is 1. The maximum atomic E-state index is 13.1. The van der Waals surface area contributed by atoms with Gasteiger partial charge in [0.05, 0.1) is 16.9 Å². The van der Waals surface area contributed by atoms with Crippen molar-refractivity contribution in [2.24, 2.45) is 5.92 Å². The van der Waals surface area contributed by atoms with Gasteiger partial charge >= 0.3 is 0 Å². The number of hydrogen-bond acceptors (Lipinski definition) is 3. The van der Waals surface area contributed by atoms with Crippen LogP contribution in [0.15, 0.2) is 53.4 Å². The Morgan fingerprint density at radius 2 is 1.64 bits per heavy atom. The van der Waals surface area contributed by atoms with E-state index in [1.54, 1.807) is 19.1 Å². The number of carbonyl (C=O) groups is 1. The molecule has 1 N–H and O–H groups in total. The van der Waals surface area contributed by atoms with Crippen molar-refractivity contribution in [3.63, 3.8) is 0 Å². The molecule has 0 bridgehead atoms. The Bertz CT molecular complexity index is 931.